The molecule has 3 N–H and O–H groups in total. The van der Waals surface area contributed by atoms with Crippen molar-refractivity contribution in [2.45, 2.75) is 57.2 Å². The van der Waals surface area contributed by atoms with Crippen LogP contribution in [-0.2, 0) is 4.74 Å². The molecule has 2 fully saturated rings. The van der Waals surface area contributed by atoms with Gasteiger partial charge in [0.1, 0.15) is 0 Å². The van der Waals surface area contributed by atoms with Crippen LogP contribution < -0.4 is 10.6 Å². The zero-order valence-corrected chi connectivity index (χ0v) is 17.7. The van der Waals surface area contributed by atoms with Crippen LogP contribution in [0, 0.1) is 0 Å². The summed E-state index contributed by atoms with van der Waals surface area (Å²) in [5, 5.41) is 16.9. The second-order valence-corrected chi connectivity index (χ2v) is 8.22. The molecule has 2 aliphatic rings. The number of hydrogen-bond acceptors (Lipinski definition) is 7. The van der Waals surface area contributed by atoms with Crippen molar-refractivity contribution in [3.05, 3.63) is 30.0 Å². The minimum atomic E-state index is -0.339. The Morgan fingerprint density at radius 2 is 2.00 bits per heavy atom. The SMILES string of the molecule is CCOC(=O)N1CC[C@@H](NC(=O)c2ccc3cnc(N[C@H]4CC[C@H](O)CC4)nc3c2)C1. The predicted molar refractivity (Wildman–Crippen MR) is 116 cm³/mol. The average molecular weight is 428 g/mol. The van der Waals surface area contributed by atoms with Gasteiger partial charge in [0.25, 0.3) is 5.91 Å². The molecule has 1 saturated carbocycles. The minimum absolute atomic E-state index is 0.100. The number of carbonyl (C=O) groups excluding carboxylic acids is 2. The molecule has 2 heterocycles. The molecule has 4 rings (SSSR count). The molecular formula is C22H29N5O4. The maximum absolute atomic E-state index is 12.8. The number of likely N-dealkylation sites (tertiary alicyclic amines) is 1. The van der Waals surface area contributed by atoms with E-state index in [1.54, 1.807) is 30.2 Å². The van der Waals surface area contributed by atoms with Gasteiger partial charge in [0.15, 0.2) is 0 Å². The third kappa shape index (κ3) is 5.22. The second-order valence-electron chi connectivity index (χ2n) is 8.22. The molecule has 0 unspecified atom stereocenters. The number of aliphatic hydroxyl groups is 1. The van der Waals surface area contributed by atoms with E-state index in [0.717, 1.165) is 31.1 Å². The van der Waals surface area contributed by atoms with Crippen molar-refractivity contribution < 1.29 is 19.4 Å². The molecule has 1 aromatic heterocycles. The van der Waals surface area contributed by atoms with E-state index in [1.165, 1.54) is 0 Å². The fraction of sp³-hybridized carbons (Fsp3) is 0.545. The van der Waals surface area contributed by atoms with E-state index in [0.29, 0.717) is 43.1 Å². The van der Waals surface area contributed by atoms with Crippen LogP contribution in [0.5, 0.6) is 0 Å². The number of aromatic nitrogens is 2. The van der Waals surface area contributed by atoms with Crippen LogP contribution in [0.15, 0.2) is 24.4 Å². The molecule has 1 aliphatic heterocycles. The predicted octanol–water partition coefficient (Wildman–Crippen LogP) is 2.31. The number of rotatable bonds is 5. The molecule has 1 aliphatic carbocycles. The van der Waals surface area contributed by atoms with Gasteiger partial charge in [-0.25, -0.2) is 14.8 Å². The smallest absolute Gasteiger partial charge is 0.409 e. The fourth-order valence-corrected chi connectivity index (χ4v) is 4.16. The lowest BCUT2D eigenvalue weighted by Crippen LogP contribution is -2.38. The molecule has 9 nitrogen and oxygen atoms in total. The second kappa shape index (κ2) is 9.47. The first-order valence-corrected chi connectivity index (χ1v) is 11.0. The topological polar surface area (TPSA) is 117 Å². The number of fused-ring (bicyclic) bond motifs is 1. The number of anilines is 1. The van der Waals surface area contributed by atoms with Crippen LogP contribution in [-0.4, -0.2) is 69.9 Å². The maximum atomic E-state index is 12.8. The third-order valence-corrected chi connectivity index (χ3v) is 5.92. The lowest BCUT2D eigenvalue weighted by molar-refractivity contribution is 0.0930. The van der Waals surface area contributed by atoms with Crippen LogP contribution in [0.1, 0.15) is 49.4 Å². The summed E-state index contributed by atoms with van der Waals surface area (Å²) in [4.78, 5) is 35.2. The van der Waals surface area contributed by atoms with Crippen LogP contribution in [0.2, 0.25) is 0 Å². The molecule has 1 aromatic carbocycles. The Labute approximate surface area is 181 Å². The minimum Gasteiger partial charge on any atom is -0.450 e. The highest BCUT2D eigenvalue weighted by Crippen LogP contribution is 2.22. The highest BCUT2D eigenvalue weighted by molar-refractivity contribution is 5.98. The van der Waals surface area contributed by atoms with Crippen molar-refractivity contribution in [2.75, 3.05) is 25.0 Å². The van der Waals surface area contributed by atoms with Crippen LogP contribution >= 0.6 is 0 Å². The number of amides is 2. The van der Waals surface area contributed by atoms with Crippen molar-refractivity contribution in [1.82, 2.24) is 20.2 Å². The van der Waals surface area contributed by atoms with Gasteiger partial charge in [-0.15, -0.1) is 0 Å². The summed E-state index contributed by atoms with van der Waals surface area (Å²) in [5.74, 6) is 0.347. The van der Waals surface area contributed by atoms with Crippen LogP contribution in [0.25, 0.3) is 10.9 Å². The summed E-state index contributed by atoms with van der Waals surface area (Å²) in [6.07, 6.45) is 5.23. The first-order valence-electron chi connectivity index (χ1n) is 11.0. The quantitative estimate of drug-likeness (QED) is 0.670. The van der Waals surface area contributed by atoms with Gasteiger partial charge in [0.2, 0.25) is 5.95 Å². The Balaban J connectivity index is 1.39. The van der Waals surface area contributed by atoms with Gasteiger partial charge >= 0.3 is 6.09 Å². The summed E-state index contributed by atoms with van der Waals surface area (Å²) in [6, 6.07) is 5.51. The number of aliphatic hydroxyl groups excluding tert-OH is 1. The van der Waals surface area contributed by atoms with Gasteiger partial charge < -0.3 is 25.4 Å². The summed E-state index contributed by atoms with van der Waals surface area (Å²) >= 11 is 0. The molecular weight excluding hydrogens is 398 g/mol. The van der Waals surface area contributed by atoms with E-state index < -0.39 is 0 Å². The molecule has 166 valence electrons. The summed E-state index contributed by atoms with van der Waals surface area (Å²) in [5.41, 5.74) is 1.22. The van der Waals surface area contributed by atoms with Crippen molar-refractivity contribution in [3.63, 3.8) is 0 Å². The number of carbonyl (C=O) groups is 2. The molecule has 2 aromatic rings. The summed E-state index contributed by atoms with van der Waals surface area (Å²) in [7, 11) is 0. The molecule has 0 bridgehead atoms. The zero-order chi connectivity index (χ0) is 21.8. The average Bonchev–Trinajstić information content (AvgIpc) is 3.23. The number of hydrogen-bond donors (Lipinski definition) is 3. The van der Waals surface area contributed by atoms with Crippen LogP contribution in [0.4, 0.5) is 10.7 Å². The Morgan fingerprint density at radius 1 is 1.19 bits per heavy atom. The van der Waals surface area contributed by atoms with E-state index in [1.807, 2.05) is 6.07 Å². The van der Waals surface area contributed by atoms with Gasteiger partial charge in [-0.2, -0.15) is 0 Å². The molecule has 2 amide bonds. The summed E-state index contributed by atoms with van der Waals surface area (Å²) < 4.78 is 5.02. The van der Waals surface area contributed by atoms with Crippen LogP contribution in [0.3, 0.4) is 0 Å². The standard InChI is InChI=1S/C22H29N5O4/c1-2-31-22(30)27-10-9-17(13-27)24-20(29)14-3-4-15-12-23-21(26-19(15)11-14)25-16-5-7-18(28)8-6-16/h3-4,11-12,16-18,28H,2,5-10,13H2,1H3,(H,24,29)(H,23,25,26)/t16-,17-,18-/m1/s1. The van der Waals surface area contributed by atoms with Gasteiger partial charge in [-0.05, 0) is 51.2 Å². The van der Waals surface area contributed by atoms with E-state index in [9.17, 15) is 14.7 Å². The number of benzene rings is 1. The molecule has 0 spiro atoms. The molecule has 1 atom stereocenters. The van der Waals surface area contributed by atoms with Crippen molar-refractivity contribution in [2.24, 2.45) is 0 Å². The summed E-state index contributed by atoms with van der Waals surface area (Å²) in [6.45, 7) is 3.13. The lowest BCUT2D eigenvalue weighted by Gasteiger charge is -2.26. The third-order valence-electron chi connectivity index (χ3n) is 5.92. The Bertz CT molecular complexity index is 945. The van der Waals surface area contributed by atoms with Crippen molar-refractivity contribution >= 4 is 28.9 Å². The Hall–Kier alpha value is -2.94. The van der Waals surface area contributed by atoms with Gasteiger partial charge in [0.05, 0.1) is 18.2 Å². The van der Waals surface area contributed by atoms with Crippen molar-refractivity contribution in [3.8, 4) is 0 Å². The zero-order valence-electron chi connectivity index (χ0n) is 17.7. The molecule has 0 radical (unpaired) electrons. The monoisotopic (exact) mass is 427 g/mol. The van der Waals surface area contributed by atoms with Gasteiger partial charge in [0, 0.05) is 42.3 Å². The highest BCUT2D eigenvalue weighted by atomic mass is 16.6. The van der Waals surface area contributed by atoms with Gasteiger partial charge in [-0.3, -0.25) is 4.79 Å². The number of nitrogens with one attached hydrogen (secondary N) is 2. The lowest BCUT2D eigenvalue weighted by atomic mass is 9.93. The van der Waals surface area contributed by atoms with E-state index in [2.05, 4.69) is 20.6 Å². The maximum Gasteiger partial charge on any atom is 0.409 e. The Kier molecular flexibility index (Phi) is 6.50. The van der Waals surface area contributed by atoms with Crippen molar-refractivity contribution in [1.29, 1.82) is 0 Å². The first-order chi connectivity index (χ1) is 15.0. The largest absolute Gasteiger partial charge is 0.450 e. The number of ether oxygens (including phenoxy) is 1. The van der Waals surface area contributed by atoms with E-state index in [-0.39, 0.29) is 30.2 Å². The normalized spacial score (nSPS) is 23.5. The van der Waals surface area contributed by atoms with E-state index in [4.69, 9.17) is 4.74 Å². The van der Waals surface area contributed by atoms with Gasteiger partial charge in [-0.1, -0.05) is 6.07 Å². The fourth-order valence-electron chi connectivity index (χ4n) is 4.16. The first kappa shape index (κ1) is 21.3. The van der Waals surface area contributed by atoms with E-state index >= 15 is 0 Å². The highest BCUT2D eigenvalue weighted by Gasteiger charge is 2.28. The molecule has 31 heavy (non-hydrogen) atoms. The molecule has 1 saturated heterocycles. The molecule has 9 heteroatoms. The number of nitrogens with zero attached hydrogens (tertiary/aromatic N) is 3. The Morgan fingerprint density at radius 3 is 2.77 bits per heavy atom.